The third-order valence-electron chi connectivity index (χ3n) is 5.00. The highest BCUT2D eigenvalue weighted by Crippen LogP contribution is 2.29. The van der Waals surface area contributed by atoms with Crippen LogP contribution in [-0.2, 0) is 4.79 Å². The summed E-state index contributed by atoms with van der Waals surface area (Å²) in [5.41, 5.74) is 1.04. The van der Waals surface area contributed by atoms with Crippen LogP contribution in [0.25, 0.3) is 0 Å². The monoisotopic (exact) mass is 425 g/mol. The molecule has 1 fully saturated rings. The van der Waals surface area contributed by atoms with Gasteiger partial charge in [-0.15, -0.1) is 0 Å². The maximum Gasteiger partial charge on any atom is 0.263 e. The first-order valence-corrected chi connectivity index (χ1v) is 10.9. The standard InChI is InChI=1S/C24H31N3O4/c1-4-30-21-16-19(24(29)27-15-9-6-10-22(27)25-18(2)3)11-12-20(21)31-17-23(28)26-13-7-5-8-14-26/h6,9-12,15-16,18H,4-5,7-8,13-14,17H2,1-3H3. The lowest BCUT2D eigenvalue weighted by atomic mass is 10.1. The zero-order valence-electron chi connectivity index (χ0n) is 18.5. The van der Waals surface area contributed by atoms with Gasteiger partial charge < -0.3 is 14.4 Å². The van der Waals surface area contributed by atoms with Crippen molar-refractivity contribution < 1.29 is 19.1 Å². The number of amides is 1. The fraction of sp³-hybridized carbons (Fsp3) is 0.458. The molecular formula is C24H31N3O4. The normalized spacial score (nSPS) is 14.6. The number of hydrogen-bond acceptors (Lipinski definition) is 5. The van der Waals surface area contributed by atoms with E-state index < -0.39 is 0 Å². The molecule has 7 heteroatoms. The summed E-state index contributed by atoms with van der Waals surface area (Å²) in [6.45, 7) is 7.73. The lowest BCUT2D eigenvalue weighted by Gasteiger charge is -2.26. The highest BCUT2D eigenvalue weighted by atomic mass is 16.5. The summed E-state index contributed by atoms with van der Waals surface area (Å²) in [6.07, 6.45) is 4.94. The van der Waals surface area contributed by atoms with Crippen LogP contribution in [0.5, 0.6) is 11.5 Å². The van der Waals surface area contributed by atoms with E-state index in [-0.39, 0.29) is 24.5 Å². The van der Waals surface area contributed by atoms with Gasteiger partial charge in [-0.25, -0.2) is 0 Å². The number of piperidine rings is 1. The number of likely N-dealkylation sites (tertiary alicyclic amines) is 1. The maximum atomic E-state index is 13.1. The van der Waals surface area contributed by atoms with Gasteiger partial charge in [-0.1, -0.05) is 6.07 Å². The van der Waals surface area contributed by atoms with Crippen LogP contribution in [0.3, 0.4) is 0 Å². The number of nitrogens with zero attached hydrogens (tertiary/aromatic N) is 3. The summed E-state index contributed by atoms with van der Waals surface area (Å²) < 4.78 is 13.0. The van der Waals surface area contributed by atoms with Gasteiger partial charge in [-0.05, 0) is 70.4 Å². The van der Waals surface area contributed by atoms with E-state index in [1.54, 1.807) is 30.5 Å². The smallest absolute Gasteiger partial charge is 0.263 e. The van der Waals surface area contributed by atoms with Gasteiger partial charge in [-0.3, -0.25) is 19.1 Å². The van der Waals surface area contributed by atoms with Gasteiger partial charge in [0.2, 0.25) is 0 Å². The molecule has 166 valence electrons. The summed E-state index contributed by atoms with van der Waals surface area (Å²) in [7, 11) is 0. The zero-order chi connectivity index (χ0) is 22.2. The molecule has 0 spiro atoms. The molecule has 0 saturated carbocycles. The van der Waals surface area contributed by atoms with Gasteiger partial charge >= 0.3 is 0 Å². The molecule has 1 aromatic carbocycles. The van der Waals surface area contributed by atoms with Crippen LogP contribution in [0.1, 0.15) is 50.4 Å². The van der Waals surface area contributed by atoms with Gasteiger partial charge in [0.1, 0.15) is 5.49 Å². The maximum absolute atomic E-state index is 13.1. The Morgan fingerprint density at radius 1 is 1.03 bits per heavy atom. The molecule has 0 bridgehead atoms. The van der Waals surface area contributed by atoms with E-state index in [0.717, 1.165) is 25.9 Å². The number of aromatic nitrogens is 1. The number of rotatable bonds is 7. The minimum Gasteiger partial charge on any atom is -0.490 e. The van der Waals surface area contributed by atoms with E-state index in [2.05, 4.69) is 4.99 Å². The Kier molecular flexibility index (Phi) is 7.87. The van der Waals surface area contributed by atoms with Crippen molar-refractivity contribution in [2.75, 3.05) is 26.3 Å². The van der Waals surface area contributed by atoms with Gasteiger partial charge in [0, 0.05) is 30.9 Å². The average Bonchev–Trinajstić information content (AvgIpc) is 2.78. The number of ether oxygens (including phenoxy) is 2. The van der Waals surface area contributed by atoms with Crippen molar-refractivity contribution >= 4 is 11.8 Å². The number of benzene rings is 1. The Hall–Kier alpha value is -3.09. The largest absolute Gasteiger partial charge is 0.490 e. The highest BCUT2D eigenvalue weighted by Gasteiger charge is 2.19. The van der Waals surface area contributed by atoms with Crippen molar-refractivity contribution in [2.24, 2.45) is 4.99 Å². The van der Waals surface area contributed by atoms with Crippen molar-refractivity contribution in [1.29, 1.82) is 0 Å². The number of carbonyl (C=O) groups excluding carboxylic acids is 2. The molecule has 7 nitrogen and oxygen atoms in total. The molecule has 31 heavy (non-hydrogen) atoms. The third kappa shape index (κ3) is 5.96. The molecule has 1 amide bonds. The Bertz CT molecular complexity index is 975. The predicted molar refractivity (Wildman–Crippen MR) is 118 cm³/mol. The van der Waals surface area contributed by atoms with Crippen LogP contribution in [0, 0.1) is 0 Å². The Morgan fingerprint density at radius 2 is 1.81 bits per heavy atom. The van der Waals surface area contributed by atoms with Gasteiger partial charge in [-0.2, -0.15) is 0 Å². The Labute approximate surface area is 183 Å². The molecule has 1 saturated heterocycles. The molecule has 1 aromatic heterocycles. The quantitative estimate of drug-likeness (QED) is 0.682. The van der Waals surface area contributed by atoms with Gasteiger partial charge in [0.05, 0.1) is 6.61 Å². The fourth-order valence-electron chi connectivity index (χ4n) is 3.52. The minimum atomic E-state index is -0.211. The van der Waals surface area contributed by atoms with Crippen molar-refractivity contribution in [3.63, 3.8) is 0 Å². The number of carbonyl (C=O) groups is 2. The van der Waals surface area contributed by atoms with Crippen molar-refractivity contribution in [2.45, 2.75) is 46.1 Å². The molecule has 0 unspecified atom stereocenters. The van der Waals surface area contributed by atoms with E-state index in [1.165, 1.54) is 11.0 Å². The van der Waals surface area contributed by atoms with Crippen LogP contribution in [-0.4, -0.2) is 53.6 Å². The molecule has 0 aliphatic carbocycles. The first kappa shape index (κ1) is 22.6. The summed E-state index contributed by atoms with van der Waals surface area (Å²) in [6, 6.07) is 10.6. The molecule has 1 aliphatic rings. The summed E-state index contributed by atoms with van der Waals surface area (Å²) in [5.74, 6) is 0.659. The van der Waals surface area contributed by atoms with E-state index in [9.17, 15) is 9.59 Å². The molecule has 0 N–H and O–H groups in total. The molecular weight excluding hydrogens is 394 g/mol. The average molecular weight is 426 g/mol. The second kappa shape index (κ2) is 10.8. The van der Waals surface area contributed by atoms with Crippen LogP contribution >= 0.6 is 0 Å². The van der Waals surface area contributed by atoms with Crippen molar-refractivity contribution in [3.05, 3.63) is 53.6 Å². The Balaban J connectivity index is 1.80. The molecule has 0 radical (unpaired) electrons. The summed E-state index contributed by atoms with van der Waals surface area (Å²) in [4.78, 5) is 31.9. The lowest BCUT2D eigenvalue weighted by molar-refractivity contribution is -0.134. The van der Waals surface area contributed by atoms with E-state index in [4.69, 9.17) is 9.47 Å². The first-order chi connectivity index (χ1) is 15.0. The SMILES string of the molecule is CCOc1cc(C(=O)n2ccccc2=NC(C)C)ccc1OCC(=O)N1CCCCC1. The van der Waals surface area contributed by atoms with Crippen LogP contribution in [0.15, 0.2) is 47.6 Å². The number of hydrogen-bond donors (Lipinski definition) is 0. The summed E-state index contributed by atoms with van der Waals surface area (Å²) >= 11 is 0. The molecule has 1 aliphatic heterocycles. The van der Waals surface area contributed by atoms with Crippen LogP contribution in [0.4, 0.5) is 0 Å². The first-order valence-electron chi connectivity index (χ1n) is 10.9. The van der Waals surface area contributed by atoms with Gasteiger partial charge in [0.25, 0.3) is 11.8 Å². The topological polar surface area (TPSA) is 73.1 Å². The third-order valence-corrected chi connectivity index (χ3v) is 5.00. The number of pyridine rings is 1. The highest BCUT2D eigenvalue weighted by molar-refractivity contribution is 5.96. The fourth-order valence-corrected chi connectivity index (χ4v) is 3.52. The lowest BCUT2D eigenvalue weighted by Crippen LogP contribution is -2.38. The molecule has 3 rings (SSSR count). The van der Waals surface area contributed by atoms with Gasteiger partial charge in [0.15, 0.2) is 18.1 Å². The van der Waals surface area contributed by atoms with Crippen LogP contribution in [0.2, 0.25) is 0 Å². The van der Waals surface area contributed by atoms with E-state index in [1.807, 2.05) is 37.8 Å². The summed E-state index contributed by atoms with van der Waals surface area (Å²) in [5, 5.41) is 0. The molecule has 0 atom stereocenters. The predicted octanol–water partition coefficient (Wildman–Crippen LogP) is 3.28. The minimum absolute atomic E-state index is 0.0259. The molecule has 2 aromatic rings. The molecule has 2 heterocycles. The van der Waals surface area contributed by atoms with E-state index >= 15 is 0 Å². The van der Waals surface area contributed by atoms with Crippen molar-refractivity contribution in [3.8, 4) is 11.5 Å². The second-order valence-electron chi connectivity index (χ2n) is 7.78. The van der Waals surface area contributed by atoms with Crippen molar-refractivity contribution in [1.82, 2.24) is 9.47 Å². The van der Waals surface area contributed by atoms with Crippen LogP contribution < -0.4 is 15.0 Å². The zero-order valence-corrected chi connectivity index (χ0v) is 18.5. The second-order valence-corrected chi connectivity index (χ2v) is 7.78. The Morgan fingerprint density at radius 3 is 2.52 bits per heavy atom. The van der Waals surface area contributed by atoms with E-state index in [0.29, 0.717) is 29.2 Å².